The standard InChI is InChI=1S/C14H11BF4O/c1-7-3-4-10(17)12(13(7)19)15-9-5-8(16)6-11(18)14(9)20-2/h3-6,15H,1-2H3. The summed E-state index contributed by atoms with van der Waals surface area (Å²) in [5, 5.41) is 0. The highest BCUT2D eigenvalue weighted by atomic mass is 19.1. The third-order valence-electron chi connectivity index (χ3n) is 3.04. The average molecular weight is 282 g/mol. The van der Waals surface area contributed by atoms with E-state index in [1.807, 2.05) is 0 Å². The predicted octanol–water partition coefficient (Wildman–Crippen LogP) is 1.95. The van der Waals surface area contributed by atoms with Gasteiger partial charge in [-0.1, -0.05) is 6.07 Å². The molecule has 2 aromatic carbocycles. The first kappa shape index (κ1) is 14.4. The van der Waals surface area contributed by atoms with Gasteiger partial charge in [0.2, 0.25) is 7.28 Å². The van der Waals surface area contributed by atoms with E-state index in [1.165, 1.54) is 20.1 Å². The fraction of sp³-hybridized carbons (Fsp3) is 0.143. The molecule has 20 heavy (non-hydrogen) atoms. The zero-order valence-electron chi connectivity index (χ0n) is 10.9. The van der Waals surface area contributed by atoms with Gasteiger partial charge in [-0.25, -0.2) is 17.6 Å². The van der Waals surface area contributed by atoms with Crippen LogP contribution in [-0.4, -0.2) is 14.4 Å². The van der Waals surface area contributed by atoms with Crippen LogP contribution in [0.3, 0.4) is 0 Å². The Labute approximate surface area is 114 Å². The Balaban J connectivity index is 2.53. The molecule has 0 radical (unpaired) electrons. The molecule has 104 valence electrons. The van der Waals surface area contributed by atoms with E-state index >= 15 is 0 Å². The Morgan fingerprint density at radius 1 is 1.00 bits per heavy atom. The van der Waals surface area contributed by atoms with Crippen LogP contribution in [0.4, 0.5) is 17.6 Å². The normalized spacial score (nSPS) is 10.5. The van der Waals surface area contributed by atoms with Gasteiger partial charge in [-0.05, 0) is 35.5 Å². The second-order valence-corrected chi connectivity index (χ2v) is 4.41. The molecule has 1 nitrogen and oxygen atoms in total. The van der Waals surface area contributed by atoms with Crippen molar-refractivity contribution >= 4 is 18.2 Å². The number of aryl methyl sites for hydroxylation is 1. The maximum Gasteiger partial charge on any atom is 0.205 e. The lowest BCUT2D eigenvalue weighted by molar-refractivity contribution is 0.388. The summed E-state index contributed by atoms with van der Waals surface area (Å²) in [5.41, 5.74) is 0.0685. The Kier molecular flexibility index (Phi) is 4.02. The van der Waals surface area contributed by atoms with Crippen LogP contribution in [-0.2, 0) is 0 Å². The fourth-order valence-corrected chi connectivity index (χ4v) is 2.04. The zero-order valence-corrected chi connectivity index (χ0v) is 10.9. The van der Waals surface area contributed by atoms with E-state index in [2.05, 4.69) is 0 Å². The van der Waals surface area contributed by atoms with Gasteiger partial charge in [0, 0.05) is 6.07 Å². The van der Waals surface area contributed by atoms with E-state index in [4.69, 9.17) is 4.74 Å². The van der Waals surface area contributed by atoms with Gasteiger partial charge in [0.1, 0.15) is 23.2 Å². The van der Waals surface area contributed by atoms with Crippen molar-refractivity contribution in [3.63, 3.8) is 0 Å². The third kappa shape index (κ3) is 2.64. The molecule has 0 fully saturated rings. The van der Waals surface area contributed by atoms with Crippen molar-refractivity contribution in [3.8, 4) is 5.75 Å². The van der Waals surface area contributed by atoms with Crippen molar-refractivity contribution in [2.24, 2.45) is 0 Å². The summed E-state index contributed by atoms with van der Waals surface area (Å²) in [7, 11) is 0.917. The van der Waals surface area contributed by atoms with Crippen molar-refractivity contribution < 1.29 is 22.3 Å². The number of hydrogen-bond acceptors (Lipinski definition) is 1. The van der Waals surface area contributed by atoms with Crippen molar-refractivity contribution in [1.29, 1.82) is 0 Å². The van der Waals surface area contributed by atoms with Gasteiger partial charge in [0.25, 0.3) is 0 Å². The van der Waals surface area contributed by atoms with E-state index in [0.29, 0.717) is 6.07 Å². The highest BCUT2D eigenvalue weighted by Crippen LogP contribution is 2.15. The van der Waals surface area contributed by atoms with Crippen LogP contribution < -0.4 is 15.7 Å². The summed E-state index contributed by atoms with van der Waals surface area (Å²) in [5.74, 6) is -3.44. The first-order valence-electron chi connectivity index (χ1n) is 5.89. The van der Waals surface area contributed by atoms with E-state index in [0.717, 1.165) is 12.1 Å². The molecule has 2 rings (SSSR count). The quantitative estimate of drug-likeness (QED) is 0.617. The fourth-order valence-electron chi connectivity index (χ4n) is 2.04. The van der Waals surface area contributed by atoms with Gasteiger partial charge >= 0.3 is 0 Å². The Hall–Kier alpha value is -1.98. The summed E-state index contributed by atoms with van der Waals surface area (Å²) in [6, 6.07) is 4.09. The lowest BCUT2D eigenvalue weighted by Crippen LogP contribution is -2.34. The molecule has 0 aliphatic heterocycles. The minimum absolute atomic E-state index is 0.0494. The monoisotopic (exact) mass is 282 g/mol. The highest BCUT2D eigenvalue weighted by Gasteiger charge is 2.19. The van der Waals surface area contributed by atoms with Crippen LogP contribution in [0.2, 0.25) is 0 Å². The molecular formula is C14H11BF4O. The number of hydrogen-bond donors (Lipinski definition) is 0. The van der Waals surface area contributed by atoms with Crippen molar-refractivity contribution in [2.75, 3.05) is 7.11 Å². The van der Waals surface area contributed by atoms with Crippen LogP contribution in [0.1, 0.15) is 5.56 Å². The second-order valence-electron chi connectivity index (χ2n) is 4.41. The lowest BCUT2D eigenvalue weighted by atomic mass is 9.62. The van der Waals surface area contributed by atoms with E-state index in [9.17, 15) is 17.6 Å². The molecule has 0 aliphatic rings. The van der Waals surface area contributed by atoms with Crippen LogP contribution in [0.15, 0.2) is 24.3 Å². The molecule has 0 aromatic heterocycles. The maximum atomic E-state index is 13.9. The van der Waals surface area contributed by atoms with Crippen LogP contribution in [0.25, 0.3) is 0 Å². The molecule has 0 unspecified atom stereocenters. The number of methoxy groups -OCH3 is 1. The summed E-state index contributed by atoms with van der Waals surface area (Å²) >= 11 is 0. The van der Waals surface area contributed by atoms with E-state index in [-0.39, 0.29) is 29.5 Å². The van der Waals surface area contributed by atoms with E-state index in [1.54, 1.807) is 0 Å². The Morgan fingerprint density at radius 3 is 2.35 bits per heavy atom. The molecule has 0 bridgehead atoms. The molecule has 0 atom stereocenters. The van der Waals surface area contributed by atoms with Gasteiger partial charge < -0.3 is 4.74 Å². The SMILES string of the molecule is COc1c(F)cc(F)cc1Bc1c(F)ccc(C)c1F. The van der Waals surface area contributed by atoms with Crippen molar-refractivity contribution in [3.05, 3.63) is 53.1 Å². The second kappa shape index (κ2) is 5.57. The molecule has 0 saturated heterocycles. The summed E-state index contributed by atoms with van der Waals surface area (Å²) in [4.78, 5) is 0. The topological polar surface area (TPSA) is 9.23 Å². The predicted molar refractivity (Wildman–Crippen MR) is 70.4 cm³/mol. The van der Waals surface area contributed by atoms with Gasteiger partial charge in [0.05, 0.1) is 7.11 Å². The molecule has 0 saturated carbocycles. The smallest absolute Gasteiger partial charge is 0.205 e. The summed E-state index contributed by atoms with van der Waals surface area (Å²) < 4.78 is 59.2. The minimum Gasteiger partial charge on any atom is -0.494 e. The molecule has 0 heterocycles. The largest absolute Gasteiger partial charge is 0.494 e. The molecule has 0 spiro atoms. The van der Waals surface area contributed by atoms with Crippen molar-refractivity contribution in [2.45, 2.75) is 6.92 Å². The molecule has 2 aromatic rings. The molecule has 0 aliphatic carbocycles. The highest BCUT2D eigenvalue weighted by molar-refractivity contribution is 6.68. The summed E-state index contributed by atoms with van der Waals surface area (Å²) in [6.07, 6.45) is 0. The molecule has 0 amide bonds. The molecule has 6 heteroatoms. The van der Waals surface area contributed by atoms with Crippen LogP contribution in [0, 0.1) is 30.2 Å². The van der Waals surface area contributed by atoms with Crippen molar-refractivity contribution in [1.82, 2.24) is 0 Å². The van der Waals surface area contributed by atoms with Gasteiger partial charge in [-0.2, -0.15) is 0 Å². The number of halogens is 4. The van der Waals surface area contributed by atoms with E-state index < -0.39 is 23.3 Å². The van der Waals surface area contributed by atoms with Crippen LogP contribution in [0.5, 0.6) is 5.75 Å². The first-order valence-corrected chi connectivity index (χ1v) is 5.89. The number of benzene rings is 2. The van der Waals surface area contributed by atoms with Gasteiger partial charge in [-0.15, -0.1) is 0 Å². The Bertz CT molecular complexity index is 658. The Morgan fingerprint density at radius 2 is 1.70 bits per heavy atom. The maximum absolute atomic E-state index is 13.9. The summed E-state index contributed by atoms with van der Waals surface area (Å²) in [6.45, 7) is 1.49. The molecule has 0 N–H and O–H groups in total. The first-order chi connectivity index (χ1) is 9.43. The minimum atomic E-state index is -0.907. The van der Waals surface area contributed by atoms with Gasteiger partial charge in [-0.3, -0.25) is 0 Å². The van der Waals surface area contributed by atoms with Gasteiger partial charge in [0.15, 0.2) is 5.82 Å². The number of rotatable bonds is 3. The average Bonchev–Trinajstić information content (AvgIpc) is 2.39. The zero-order chi connectivity index (χ0) is 14.9. The molecular weight excluding hydrogens is 271 g/mol. The number of ether oxygens (including phenoxy) is 1. The third-order valence-corrected chi connectivity index (χ3v) is 3.04. The lowest BCUT2D eigenvalue weighted by Gasteiger charge is -2.11. The van der Waals surface area contributed by atoms with Crippen LogP contribution >= 0.6 is 0 Å².